The van der Waals surface area contributed by atoms with E-state index in [0.717, 1.165) is 5.56 Å². The molecule has 0 unspecified atom stereocenters. The Morgan fingerprint density at radius 3 is 2.61 bits per heavy atom. The third-order valence-electron chi connectivity index (χ3n) is 4.10. The zero-order chi connectivity index (χ0) is 20.1. The smallest absolute Gasteiger partial charge is 0.191 e. The number of hydrogen-bond donors (Lipinski definition) is 0. The van der Waals surface area contributed by atoms with Gasteiger partial charge in [-0.3, -0.25) is 4.79 Å². The van der Waals surface area contributed by atoms with E-state index >= 15 is 0 Å². The Balaban J connectivity index is 1.61. The summed E-state index contributed by atoms with van der Waals surface area (Å²) in [5.74, 6) is 1.62. The summed E-state index contributed by atoms with van der Waals surface area (Å²) in [6.45, 7) is 2.20. The number of methoxy groups -OCH3 is 1. The van der Waals surface area contributed by atoms with Crippen LogP contribution in [0, 0.1) is 12.7 Å². The molecule has 8 heteroatoms. The monoisotopic (exact) mass is 401 g/mol. The van der Waals surface area contributed by atoms with E-state index in [2.05, 4.69) is 10.2 Å². The minimum Gasteiger partial charge on any atom is -0.493 e. The summed E-state index contributed by atoms with van der Waals surface area (Å²) in [5.41, 5.74) is 1.54. The average Bonchev–Trinajstić information content (AvgIpc) is 3.05. The Bertz CT molecular complexity index is 973. The molecule has 0 bridgehead atoms. The lowest BCUT2D eigenvalue weighted by atomic mass is 10.1. The highest BCUT2D eigenvalue weighted by Gasteiger charge is 2.14. The van der Waals surface area contributed by atoms with Gasteiger partial charge in [0.1, 0.15) is 12.4 Å². The van der Waals surface area contributed by atoms with Crippen molar-refractivity contribution in [2.75, 3.05) is 12.9 Å². The molecule has 1 aromatic heterocycles. The molecule has 0 saturated carbocycles. The van der Waals surface area contributed by atoms with Gasteiger partial charge in [0, 0.05) is 12.6 Å². The molecule has 3 aromatic rings. The largest absolute Gasteiger partial charge is 0.493 e. The summed E-state index contributed by atoms with van der Waals surface area (Å²) >= 11 is 1.27. The van der Waals surface area contributed by atoms with Gasteiger partial charge in [0.15, 0.2) is 28.3 Å². The number of nitrogens with zero attached hydrogens (tertiary/aromatic N) is 3. The highest BCUT2D eigenvalue weighted by Crippen LogP contribution is 2.28. The molecule has 0 atom stereocenters. The fraction of sp³-hybridized carbons (Fsp3) is 0.250. The Morgan fingerprint density at radius 2 is 1.89 bits per heavy atom. The van der Waals surface area contributed by atoms with Crippen molar-refractivity contribution < 1.29 is 18.7 Å². The second-order valence-electron chi connectivity index (χ2n) is 6.12. The van der Waals surface area contributed by atoms with Crippen LogP contribution in [0.1, 0.15) is 21.7 Å². The van der Waals surface area contributed by atoms with Gasteiger partial charge >= 0.3 is 0 Å². The molecule has 1 heterocycles. The molecule has 0 saturated heterocycles. The number of benzene rings is 2. The van der Waals surface area contributed by atoms with Gasteiger partial charge in [-0.25, -0.2) is 4.39 Å². The van der Waals surface area contributed by atoms with E-state index in [0.29, 0.717) is 28.0 Å². The number of Topliss-reactive ketones (excluding diaryl/α,β-unsaturated/α-hetero) is 1. The number of carbonyl (C=O) groups is 1. The molecule has 0 N–H and O–H groups in total. The first kappa shape index (κ1) is 19.9. The first-order chi connectivity index (χ1) is 13.5. The lowest BCUT2D eigenvalue weighted by Crippen LogP contribution is -2.06. The Labute approximate surface area is 166 Å². The second-order valence-corrected chi connectivity index (χ2v) is 7.06. The maximum Gasteiger partial charge on any atom is 0.191 e. The van der Waals surface area contributed by atoms with Crippen LogP contribution in [0.3, 0.4) is 0 Å². The van der Waals surface area contributed by atoms with Gasteiger partial charge in [-0.1, -0.05) is 17.8 Å². The maximum atomic E-state index is 13.0. The zero-order valence-corrected chi connectivity index (χ0v) is 16.6. The highest BCUT2D eigenvalue weighted by molar-refractivity contribution is 7.99. The van der Waals surface area contributed by atoms with Gasteiger partial charge < -0.3 is 14.0 Å². The topological polar surface area (TPSA) is 66.2 Å². The molecule has 28 heavy (non-hydrogen) atoms. The third kappa shape index (κ3) is 4.69. The summed E-state index contributed by atoms with van der Waals surface area (Å²) in [7, 11) is 3.41. The van der Waals surface area contributed by atoms with Crippen LogP contribution in [0.5, 0.6) is 11.5 Å². The number of thioether (sulfide) groups is 1. The number of aromatic nitrogens is 3. The van der Waals surface area contributed by atoms with Crippen molar-refractivity contribution in [3.05, 3.63) is 65.2 Å². The summed E-state index contributed by atoms with van der Waals surface area (Å²) in [6.07, 6.45) is 0. The Hall–Kier alpha value is -2.87. The van der Waals surface area contributed by atoms with E-state index in [1.54, 1.807) is 11.7 Å². The number of carbonyl (C=O) groups excluding carboxylic acids is 1. The van der Waals surface area contributed by atoms with Crippen LogP contribution in [0.2, 0.25) is 0 Å². The van der Waals surface area contributed by atoms with Crippen molar-refractivity contribution in [2.24, 2.45) is 7.05 Å². The van der Waals surface area contributed by atoms with E-state index in [-0.39, 0.29) is 24.0 Å². The van der Waals surface area contributed by atoms with Crippen LogP contribution in [-0.4, -0.2) is 33.4 Å². The van der Waals surface area contributed by atoms with E-state index in [1.807, 2.05) is 32.2 Å². The fourth-order valence-corrected chi connectivity index (χ4v) is 3.31. The number of ketones is 1. The quantitative estimate of drug-likeness (QED) is 0.422. The average molecular weight is 401 g/mol. The predicted molar refractivity (Wildman–Crippen MR) is 105 cm³/mol. The van der Waals surface area contributed by atoms with Crippen molar-refractivity contribution in [1.29, 1.82) is 0 Å². The Morgan fingerprint density at radius 1 is 1.14 bits per heavy atom. The van der Waals surface area contributed by atoms with Crippen molar-refractivity contribution in [3.8, 4) is 11.5 Å². The molecule has 146 valence electrons. The molecule has 0 aliphatic rings. The van der Waals surface area contributed by atoms with E-state index in [4.69, 9.17) is 9.47 Å². The second kappa shape index (κ2) is 8.88. The normalized spacial score (nSPS) is 10.7. The van der Waals surface area contributed by atoms with Crippen LogP contribution in [0.25, 0.3) is 0 Å². The number of aryl methyl sites for hydroxylation is 1. The van der Waals surface area contributed by atoms with Crippen LogP contribution < -0.4 is 9.47 Å². The fourth-order valence-electron chi connectivity index (χ4n) is 2.48. The van der Waals surface area contributed by atoms with E-state index in [9.17, 15) is 9.18 Å². The first-order valence-electron chi connectivity index (χ1n) is 8.55. The molecule has 0 aliphatic carbocycles. The van der Waals surface area contributed by atoms with Crippen molar-refractivity contribution in [1.82, 2.24) is 14.8 Å². The molecule has 6 nitrogen and oxygen atoms in total. The summed E-state index contributed by atoms with van der Waals surface area (Å²) in [6, 6.07) is 11.2. The number of ether oxygens (including phenoxy) is 2. The van der Waals surface area contributed by atoms with Crippen LogP contribution in [0.4, 0.5) is 4.39 Å². The molecular weight excluding hydrogens is 381 g/mol. The van der Waals surface area contributed by atoms with Gasteiger partial charge in [-0.15, -0.1) is 10.2 Å². The molecule has 0 spiro atoms. The standard InChI is InChI=1S/C20H20FN3O3S/c1-13-4-9-17(18(10-13)26-3)27-11-19-22-23-20(24(19)2)28-12-16(25)14-5-7-15(21)8-6-14/h4-10H,11-12H2,1-3H3. The summed E-state index contributed by atoms with van der Waals surface area (Å²) < 4.78 is 25.9. The van der Waals surface area contributed by atoms with Gasteiger partial charge in [0.2, 0.25) is 0 Å². The van der Waals surface area contributed by atoms with Gasteiger partial charge in [0.05, 0.1) is 12.9 Å². The van der Waals surface area contributed by atoms with E-state index < -0.39 is 0 Å². The third-order valence-corrected chi connectivity index (χ3v) is 5.12. The maximum absolute atomic E-state index is 13.0. The van der Waals surface area contributed by atoms with E-state index in [1.165, 1.54) is 36.0 Å². The number of halogens is 1. The Kier molecular flexibility index (Phi) is 6.30. The molecule has 2 aromatic carbocycles. The molecule has 0 aliphatic heterocycles. The van der Waals surface area contributed by atoms with Gasteiger partial charge in [-0.2, -0.15) is 0 Å². The van der Waals surface area contributed by atoms with Crippen molar-refractivity contribution in [2.45, 2.75) is 18.7 Å². The van der Waals surface area contributed by atoms with Gasteiger partial charge in [-0.05, 0) is 48.9 Å². The lowest BCUT2D eigenvalue weighted by Gasteiger charge is -2.11. The SMILES string of the molecule is COc1cc(C)ccc1OCc1nnc(SCC(=O)c2ccc(F)cc2)n1C. The van der Waals surface area contributed by atoms with Crippen molar-refractivity contribution >= 4 is 17.5 Å². The predicted octanol–water partition coefficient (Wildman–Crippen LogP) is 3.83. The van der Waals surface area contributed by atoms with Gasteiger partial charge in [0.25, 0.3) is 0 Å². The molecule has 0 fully saturated rings. The minimum atomic E-state index is -0.368. The number of rotatable bonds is 8. The molecular formula is C20H20FN3O3S. The molecule has 3 rings (SSSR count). The highest BCUT2D eigenvalue weighted by atomic mass is 32.2. The minimum absolute atomic E-state index is 0.102. The van der Waals surface area contributed by atoms with Crippen LogP contribution in [0.15, 0.2) is 47.6 Å². The van der Waals surface area contributed by atoms with Crippen LogP contribution in [-0.2, 0) is 13.7 Å². The first-order valence-corrected chi connectivity index (χ1v) is 9.53. The lowest BCUT2D eigenvalue weighted by molar-refractivity contribution is 0.102. The summed E-state index contributed by atoms with van der Waals surface area (Å²) in [5, 5.41) is 8.85. The van der Waals surface area contributed by atoms with Crippen molar-refractivity contribution in [3.63, 3.8) is 0 Å². The number of hydrogen-bond acceptors (Lipinski definition) is 6. The van der Waals surface area contributed by atoms with Crippen LogP contribution >= 0.6 is 11.8 Å². The summed E-state index contributed by atoms with van der Waals surface area (Å²) in [4.78, 5) is 12.2. The molecule has 0 radical (unpaired) electrons. The zero-order valence-electron chi connectivity index (χ0n) is 15.8. The molecule has 0 amide bonds.